The monoisotopic (exact) mass is 390 g/mol. The number of nitrogens with one attached hydrogen (secondary N) is 2. The van der Waals surface area contributed by atoms with Crippen molar-refractivity contribution in [3.8, 4) is 0 Å². The number of guanidine groups is 1. The summed E-state index contributed by atoms with van der Waals surface area (Å²) in [6, 6.07) is 8.42. The first-order chi connectivity index (χ1) is 13.0. The van der Waals surface area contributed by atoms with Crippen LogP contribution in [0.3, 0.4) is 0 Å². The zero-order chi connectivity index (χ0) is 19.6. The van der Waals surface area contributed by atoms with Crippen molar-refractivity contribution in [3.05, 3.63) is 42.6 Å². The van der Waals surface area contributed by atoms with Gasteiger partial charge in [0.15, 0.2) is 5.96 Å². The Hall–Kier alpha value is -2.94. The number of hydrogen-bond acceptors (Lipinski definition) is 6. The fourth-order valence-electron chi connectivity index (χ4n) is 2.35. The fourth-order valence-corrected chi connectivity index (χ4v) is 3.25. The Balaban J connectivity index is 0.000000279. The van der Waals surface area contributed by atoms with E-state index in [1.165, 1.54) is 15.8 Å². The highest BCUT2D eigenvalue weighted by Crippen LogP contribution is 2.27. The first-order valence-electron chi connectivity index (χ1n) is 8.29. The number of likely N-dealkylation sites (N-methyl/N-ethyl adjacent to an activating group) is 1. The van der Waals surface area contributed by atoms with Crippen LogP contribution in [0.2, 0.25) is 0 Å². The van der Waals surface area contributed by atoms with E-state index in [-0.39, 0.29) is 0 Å². The molecule has 1 aromatic carbocycles. The van der Waals surface area contributed by atoms with Crippen LogP contribution in [0.5, 0.6) is 0 Å². The Morgan fingerprint density at radius 3 is 2.63 bits per heavy atom. The van der Waals surface area contributed by atoms with Gasteiger partial charge in [-0.25, -0.2) is 9.59 Å². The molecule has 0 amide bonds. The minimum Gasteiger partial charge on any atom is -0.478 e. The molecule has 2 aromatic rings. The van der Waals surface area contributed by atoms with Crippen molar-refractivity contribution >= 4 is 40.6 Å². The quantitative estimate of drug-likeness (QED) is 0.338. The third kappa shape index (κ3) is 6.70. The molecule has 0 unspecified atom stereocenters. The number of aromatic amines is 1. The molecule has 144 valence electrons. The highest BCUT2D eigenvalue weighted by Gasteiger charge is 2.11. The second-order valence-corrected chi connectivity index (χ2v) is 6.75. The number of fused-ring (bicyclic) bond motifs is 1. The maximum atomic E-state index is 9.55. The second kappa shape index (κ2) is 10.3. The number of carbonyl (C=O) groups is 2. The number of aliphatic carboxylic acids is 2. The van der Waals surface area contributed by atoms with Crippen molar-refractivity contribution in [2.24, 2.45) is 4.99 Å². The molecule has 8 nitrogen and oxygen atoms in total. The van der Waals surface area contributed by atoms with E-state index in [1.807, 2.05) is 11.8 Å². The van der Waals surface area contributed by atoms with Gasteiger partial charge in [-0.1, -0.05) is 18.2 Å². The van der Waals surface area contributed by atoms with Crippen LogP contribution < -0.4 is 5.32 Å². The predicted octanol–water partition coefficient (Wildman–Crippen LogP) is 1.86. The van der Waals surface area contributed by atoms with E-state index in [9.17, 15) is 9.59 Å². The molecule has 0 saturated carbocycles. The maximum Gasteiger partial charge on any atom is 0.328 e. The number of hydrogen-bond donors (Lipinski definition) is 4. The molecule has 0 saturated heterocycles. The molecule has 1 aliphatic rings. The number of nitrogens with zero attached hydrogens (tertiary/aromatic N) is 2. The van der Waals surface area contributed by atoms with E-state index in [4.69, 9.17) is 10.2 Å². The average molecular weight is 390 g/mol. The van der Waals surface area contributed by atoms with Crippen LogP contribution in [0, 0.1) is 0 Å². The van der Waals surface area contributed by atoms with Gasteiger partial charge < -0.3 is 25.4 Å². The summed E-state index contributed by atoms with van der Waals surface area (Å²) in [7, 11) is 2.08. The lowest BCUT2D eigenvalue weighted by molar-refractivity contribution is -0.134. The third-order valence-corrected chi connectivity index (χ3v) is 4.68. The minimum absolute atomic E-state index is 0.558. The van der Waals surface area contributed by atoms with E-state index in [1.54, 1.807) is 0 Å². The van der Waals surface area contributed by atoms with Crippen molar-refractivity contribution in [1.29, 1.82) is 0 Å². The number of thioether (sulfide) groups is 1. The first-order valence-corrected chi connectivity index (χ1v) is 9.28. The Labute approximate surface area is 161 Å². The third-order valence-electron chi connectivity index (χ3n) is 3.62. The van der Waals surface area contributed by atoms with Crippen LogP contribution in [0.15, 0.2) is 52.5 Å². The maximum absolute atomic E-state index is 9.55. The van der Waals surface area contributed by atoms with Crippen LogP contribution >= 0.6 is 11.8 Å². The summed E-state index contributed by atoms with van der Waals surface area (Å²) in [4.78, 5) is 30.3. The van der Waals surface area contributed by atoms with Gasteiger partial charge in [-0.15, -0.1) is 11.8 Å². The van der Waals surface area contributed by atoms with E-state index in [0.29, 0.717) is 12.2 Å². The molecule has 1 aliphatic heterocycles. The molecular weight excluding hydrogens is 368 g/mol. The summed E-state index contributed by atoms with van der Waals surface area (Å²) >= 11 is 1.87. The van der Waals surface area contributed by atoms with Gasteiger partial charge >= 0.3 is 11.9 Å². The number of benzene rings is 1. The van der Waals surface area contributed by atoms with Crippen LogP contribution in [0.25, 0.3) is 10.9 Å². The zero-order valence-corrected chi connectivity index (χ0v) is 15.7. The minimum atomic E-state index is -1.26. The highest BCUT2D eigenvalue weighted by atomic mass is 32.2. The topological polar surface area (TPSA) is 118 Å². The zero-order valence-electron chi connectivity index (χ0n) is 14.9. The largest absolute Gasteiger partial charge is 0.478 e. The molecule has 0 radical (unpaired) electrons. The molecule has 3 rings (SSSR count). The lowest BCUT2D eigenvalue weighted by Gasteiger charge is -2.14. The van der Waals surface area contributed by atoms with E-state index < -0.39 is 11.9 Å². The van der Waals surface area contributed by atoms with E-state index >= 15 is 0 Å². The number of carboxylic acid groups (broad SMARTS) is 2. The van der Waals surface area contributed by atoms with Crippen molar-refractivity contribution in [3.63, 3.8) is 0 Å². The molecule has 4 N–H and O–H groups in total. The van der Waals surface area contributed by atoms with Gasteiger partial charge in [-0.2, -0.15) is 0 Å². The Morgan fingerprint density at radius 1 is 1.30 bits per heavy atom. The molecule has 1 aromatic heterocycles. The normalized spacial score (nSPS) is 13.4. The molecule has 9 heteroatoms. The number of para-hydroxylation sites is 1. The Bertz CT molecular complexity index is 831. The van der Waals surface area contributed by atoms with Gasteiger partial charge in [-0.05, 0) is 6.07 Å². The van der Waals surface area contributed by atoms with Crippen molar-refractivity contribution in [2.75, 3.05) is 32.4 Å². The predicted molar refractivity (Wildman–Crippen MR) is 106 cm³/mol. The lowest BCUT2D eigenvalue weighted by Crippen LogP contribution is -2.36. The summed E-state index contributed by atoms with van der Waals surface area (Å²) < 4.78 is 0. The van der Waals surface area contributed by atoms with Gasteiger partial charge in [0, 0.05) is 60.0 Å². The summed E-state index contributed by atoms with van der Waals surface area (Å²) in [5.74, 6) is -0.450. The molecular formula is C18H22N4O4S. The lowest BCUT2D eigenvalue weighted by atomic mass is 10.2. The summed E-state index contributed by atoms with van der Waals surface area (Å²) in [5, 5.41) is 20.3. The number of carboxylic acids is 2. The molecule has 0 spiro atoms. The summed E-state index contributed by atoms with van der Waals surface area (Å²) in [6.45, 7) is 2.87. The van der Waals surface area contributed by atoms with Gasteiger partial charge in [0.1, 0.15) is 0 Å². The molecule has 0 aliphatic carbocycles. The molecule has 0 fully saturated rings. The van der Waals surface area contributed by atoms with Crippen LogP contribution in [-0.2, 0) is 9.59 Å². The van der Waals surface area contributed by atoms with E-state index in [2.05, 4.69) is 57.7 Å². The average Bonchev–Trinajstić information content (AvgIpc) is 3.24. The molecule has 2 heterocycles. The second-order valence-electron chi connectivity index (χ2n) is 5.61. The summed E-state index contributed by atoms with van der Waals surface area (Å²) in [6.07, 6.45) is 3.21. The SMILES string of the molecule is CN1CCN=C1NCCSc1c[nH]c2ccccc12.O=C(O)/C=C/C(=O)O. The molecule has 0 bridgehead atoms. The van der Waals surface area contributed by atoms with Crippen molar-refractivity contribution in [1.82, 2.24) is 15.2 Å². The molecule has 27 heavy (non-hydrogen) atoms. The Kier molecular flexibility index (Phi) is 7.75. The van der Waals surface area contributed by atoms with Gasteiger partial charge in [-0.3, -0.25) is 4.99 Å². The van der Waals surface area contributed by atoms with Crippen LogP contribution in [-0.4, -0.2) is 70.4 Å². The standard InChI is InChI=1S/C14H18N4S.C4H4O4/c1-18-8-6-15-14(18)16-7-9-19-13-10-17-12-5-3-2-4-11(12)13;5-3(6)1-2-4(7)8/h2-5,10,17H,6-9H2,1H3,(H,15,16);1-2H,(H,5,6)(H,7,8)/b;2-1+. The number of aliphatic imine (C=N–C) groups is 1. The van der Waals surface area contributed by atoms with Crippen LogP contribution in [0.1, 0.15) is 0 Å². The fraction of sp³-hybridized carbons (Fsp3) is 0.278. The van der Waals surface area contributed by atoms with Crippen molar-refractivity contribution < 1.29 is 19.8 Å². The molecule has 0 atom stereocenters. The van der Waals surface area contributed by atoms with Gasteiger partial charge in [0.05, 0.1) is 6.54 Å². The van der Waals surface area contributed by atoms with Gasteiger partial charge in [0.25, 0.3) is 0 Å². The van der Waals surface area contributed by atoms with E-state index in [0.717, 1.165) is 31.3 Å². The first kappa shape index (κ1) is 20.4. The summed E-state index contributed by atoms with van der Waals surface area (Å²) in [5.41, 5.74) is 1.21. The smallest absolute Gasteiger partial charge is 0.328 e. The number of aromatic nitrogens is 1. The number of H-pyrrole nitrogens is 1. The van der Waals surface area contributed by atoms with Crippen molar-refractivity contribution in [2.45, 2.75) is 4.90 Å². The number of rotatable bonds is 6. The van der Waals surface area contributed by atoms with Crippen LogP contribution in [0.4, 0.5) is 0 Å². The highest BCUT2D eigenvalue weighted by molar-refractivity contribution is 7.99. The van der Waals surface area contributed by atoms with Gasteiger partial charge in [0.2, 0.25) is 0 Å². The Morgan fingerprint density at radius 2 is 2.00 bits per heavy atom.